The summed E-state index contributed by atoms with van der Waals surface area (Å²) in [6, 6.07) is 5.35. The first-order valence-corrected chi connectivity index (χ1v) is 12.4. The Balaban J connectivity index is 1.43. The van der Waals surface area contributed by atoms with Crippen molar-refractivity contribution in [3.63, 3.8) is 0 Å². The van der Waals surface area contributed by atoms with Crippen LogP contribution in [0, 0.1) is 25.7 Å². The fraction of sp³-hybridized carbons (Fsp3) is 0.636. The first kappa shape index (κ1) is 22.7. The molecule has 166 valence electrons. The minimum absolute atomic E-state index is 0.0614. The molecule has 2 N–H and O–H groups in total. The Morgan fingerprint density at radius 1 is 0.933 bits per heavy atom. The number of benzene rings is 1. The summed E-state index contributed by atoms with van der Waals surface area (Å²) in [5.74, 6) is -0.0365. The van der Waals surface area contributed by atoms with Crippen LogP contribution in [0.25, 0.3) is 0 Å². The van der Waals surface area contributed by atoms with E-state index in [4.69, 9.17) is 0 Å². The van der Waals surface area contributed by atoms with Gasteiger partial charge in [0.1, 0.15) is 0 Å². The largest absolute Gasteiger partial charge is 0.354 e. The van der Waals surface area contributed by atoms with Crippen molar-refractivity contribution in [1.82, 2.24) is 14.9 Å². The zero-order chi connectivity index (χ0) is 21.7. The van der Waals surface area contributed by atoms with Gasteiger partial charge < -0.3 is 10.6 Å². The first-order valence-electron chi connectivity index (χ1n) is 10.9. The number of aryl methyl sites for hydroxylation is 2. The van der Waals surface area contributed by atoms with E-state index >= 15 is 0 Å². The standard InChI is InChI=1S/C22H33N3O4S/c1-16-7-8-20(17(2)15-16)30(28,29)25-13-9-19(10-14-25)22(27)24-12-11-23-21(26)18-5-3-4-6-18/h7-8,15,18-19H,3-6,9-14H2,1-2H3,(H,23,26)(H,24,27). The number of hydrogen-bond donors (Lipinski definition) is 2. The van der Waals surface area contributed by atoms with Gasteiger partial charge in [-0.15, -0.1) is 0 Å². The molecule has 0 bridgehead atoms. The normalized spacial score (nSPS) is 19.0. The van der Waals surface area contributed by atoms with Gasteiger partial charge in [-0.3, -0.25) is 9.59 Å². The molecular formula is C22H33N3O4S. The van der Waals surface area contributed by atoms with Crippen molar-refractivity contribution in [2.45, 2.75) is 57.3 Å². The number of carbonyl (C=O) groups excluding carboxylic acids is 2. The van der Waals surface area contributed by atoms with Crippen LogP contribution in [0.2, 0.25) is 0 Å². The second-order valence-electron chi connectivity index (χ2n) is 8.51. The van der Waals surface area contributed by atoms with Crippen molar-refractivity contribution >= 4 is 21.8 Å². The molecule has 2 aliphatic rings. The van der Waals surface area contributed by atoms with Crippen molar-refractivity contribution < 1.29 is 18.0 Å². The molecule has 0 spiro atoms. The molecule has 0 unspecified atom stereocenters. The summed E-state index contributed by atoms with van der Waals surface area (Å²) in [6.07, 6.45) is 5.16. The fourth-order valence-corrected chi connectivity index (χ4v) is 6.11. The van der Waals surface area contributed by atoms with Crippen molar-refractivity contribution in [1.29, 1.82) is 0 Å². The summed E-state index contributed by atoms with van der Waals surface area (Å²) in [5, 5.41) is 5.77. The molecule has 0 radical (unpaired) electrons. The van der Waals surface area contributed by atoms with Gasteiger partial charge in [-0.2, -0.15) is 4.31 Å². The van der Waals surface area contributed by atoms with Crippen molar-refractivity contribution in [3.8, 4) is 0 Å². The molecule has 3 rings (SSSR count). The van der Waals surface area contributed by atoms with Crippen LogP contribution in [0.5, 0.6) is 0 Å². The molecule has 30 heavy (non-hydrogen) atoms. The Kier molecular flexibility index (Phi) is 7.52. The minimum atomic E-state index is -3.54. The molecule has 1 saturated carbocycles. The third-order valence-electron chi connectivity index (χ3n) is 6.22. The summed E-state index contributed by atoms with van der Waals surface area (Å²) < 4.78 is 27.4. The third-order valence-corrected chi connectivity index (χ3v) is 8.28. The molecule has 1 aromatic carbocycles. The fourth-order valence-electron chi connectivity index (χ4n) is 4.43. The van der Waals surface area contributed by atoms with E-state index in [9.17, 15) is 18.0 Å². The molecule has 7 nitrogen and oxygen atoms in total. The predicted octanol–water partition coefficient (Wildman–Crippen LogP) is 2.13. The molecule has 2 amide bonds. The van der Waals surface area contributed by atoms with E-state index in [0.29, 0.717) is 43.9 Å². The number of piperidine rings is 1. The molecule has 0 atom stereocenters. The van der Waals surface area contributed by atoms with E-state index in [1.165, 1.54) is 4.31 Å². The quantitative estimate of drug-likeness (QED) is 0.642. The molecule has 1 saturated heterocycles. The van der Waals surface area contributed by atoms with Crippen molar-refractivity contribution in [2.24, 2.45) is 11.8 Å². The molecule has 1 aliphatic carbocycles. The number of rotatable bonds is 7. The van der Waals surface area contributed by atoms with Crippen LogP contribution >= 0.6 is 0 Å². The number of nitrogens with one attached hydrogen (secondary N) is 2. The van der Waals surface area contributed by atoms with Gasteiger partial charge in [0.25, 0.3) is 0 Å². The lowest BCUT2D eigenvalue weighted by Crippen LogP contribution is -2.44. The maximum atomic E-state index is 13.0. The lowest BCUT2D eigenvalue weighted by Gasteiger charge is -2.31. The predicted molar refractivity (Wildman–Crippen MR) is 115 cm³/mol. The van der Waals surface area contributed by atoms with Crippen LogP contribution in [-0.4, -0.2) is 50.7 Å². The molecule has 0 aromatic heterocycles. The van der Waals surface area contributed by atoms with Gasteiger partial charge in [-0.1, -0.05) is 30.5 Å². The first-order chi connectivity index (χ1) is 14.3. The van der Waals surface area contributed by atoms with Crippen molar-refractivity contribution in [2.75, 3.05) is 26.2 Å². The molecule has 1 heterocycles. The average Bonchev–Trinajstić information content (AvgIpc) is 3.25. The van der Waals surface area contributed by atoms with Crippen LogP contribution in [-0.2, 0) is 19.6 Å². The third kappa shape index (κ3) is 5.40. The van der Waals surface area contributed by atoms with Crippen LogP contribution in [0.15, 0.2) is 23.1 Å². The maximum absolute atomic E-state index is 13.0. The zero-order valence-corrected chi connectivity index (χ0v) is 18.8. The monoisotopic (exact) mass is 435 g/mol. The summed E-state index contributed by atoms with van der Waals surface area (Å²) in [7, 11) is -3.54. The Hall–Kier alpha value is -1.93. The highest BCUT2D eigenvalue weighted by Gasteiger charge is 2.32. The van der Waals surface area contributed by atoms with E-state index < -0.39 is 10.0 Å². The molecule has 2 fully saturated rings. The summed E-state index contributed by atoms with van der Waals surface area (Å²) >= 11 is 0. The van der Waals surface area contributed by atoms with Gasteiger partial charge in [0, 0.05) is 38.0 Å². The van der Waals surface area contributed by atoms with E-state index in [-0.39, 0.29) is 23.7 Å². The van der Waals surface area contributed by atoms with Crippen LogP contribution < -0.4 is 10.6 Å². The topological polar surface area (TPSA) is 95.6 Å². The number of carbonyl (C=O) groups is 2. The average molecular weight is 436 g/mol. The van der Waals surface area contributed by atoms with Gasteiger partial charge in [0.15, 0.2) is 0 Å². The summed E-state index contributed by atoms with van der Waals surface area (Å²) in [5.41, 5.74) is 1.77. The molecular weight excluding hydrogens is 402 g/mol. The highest BCUT2D eigenvalue weighted by Crippen LogP contribution is 2.26. The van der Waals surface area contributed by atoms with Crippen LogP contribution in [0.1, 0.15) is 49.7 Å². The second-order valence-corrected chi connectivity index (χ2v) is 10.4. The number of nitrogens with zero attached hydrogens (tertiary/aromatic N) is 1. The van der Waals surface area contributed by atoms with Crippen LogP contribution in [0.4, 0.5) is 0 Å². The Bertz CT molecular complexity index is 870. The summed E-state index contributed by atoms with van der Waals surface area (Å²) in [4.78, 5) is 24.8. The second kappa shape index (κ2) is 9.92. The van der Waals surface area contributed by atoms with E-state index in [0.717, 1.165) is 36.8 Å². The van der Waals surface area contributed by atoms with E-state index in [2.05, 4.69) is 10.6 Å². The van der Waals surface area contributed by atoms with Gasteiger partial charge >= 0.3 is 0 Å². The molecule has 1 aliphatic heterocycles. The maximum Gasteiger partial charge on any atom is 0.243 e. The SMILES string of the molecule is Cc1ccc(S(=O)(=O)N2CCC(C(=O)NCCNC(=O)C3CCCC3)CC2)c(C)c1. The van der Waals surface area contributed by atoms with E-state index in [1.807, 2.05) is 26.0 Å². The lowest BCUT2D eigenvalue weighted by molar-refractivity contribution is -0.127. The highest BCUT2D eigenvalue weighted by molar-refractivity contribution is 7.89. The Labute approximate surface area is 179 Å². The minimum Gasteiger partial charge on any atom is -0.354 e. The van der Waals surface area contributed by atoms with Gasteiger partial charge in [0.2, 0.25) is 21.8 Å². The van der Waals surface area contributed by atoms with Crippen molar-refractivity contribution in [3.05, 3.63) is 29.3 Å². The van der Waals surface area contributed by atoms with Gasteiger partial charge in [-0.05, 0) is 51.2 Å². The summed E-state index contributed by atoms with van der Waals surface area (Å²) in [6.45, 7) is 5.26. The Morgan fingerprint density at radius 3 is 2.00 bits per heavy atom. The highest BCUT2D eigenvalue weighted by atomic mass is 32.2. The van der Waals surface area contributed by atoms with Crippen LogP contribution in [0.3, 0.4) is 0 Å². The smallest absolute Gasteiger partial charge is 0.243 e. The van der Waals surface area contributed by atoms with Gasteiger partial charge in [0.05, 0.1) is 4.90 Å². The Morgan fingerprint density at radius 2 is 1.47 bits per heavy atom. The number of sulfonamides is 1. The molecule has 8 heteroatoms. The number of hydrogen-bond acceptors (Lipinski definition) is 4. The van der Waals surface area contributed by atoms with Gasteiger partial charge in [-0.25, -0.2) is 8.42 Å². The zero-order valence-electron chi connectivity index (χ0n) is 17.9. The number of amides is 2. The molecule has 1 aromatic rings. The lowest BCUT2D eigenvalue weighted by atomic mass is 9.97. The van der Waals surface area contributed by atoms with E-state index in [1.54, 1.807) is 6.07 Å².